The monoisotopic (exact) mass is 266 g/mol. The van der Waals surface area contributed by atoms with Gasteiger partial charge in [-0.2, -0.15) is 0 Å². The molecule has 1 aromatic carbocycles. The molecule has 0 aliphatic carbocycles. The molecule has 0 amide bonds. The maximum atomic E-state index is 13.7. The van der Waals surface area contributed by atoms with Crippen LogP contribution in [0.25, 0.3) is 0 Å². The van der Waals surface area contributed by atoms with Crippen molar-refractivity contribution in [2.75, 3.05) is 31.1 Å². The third kappa shape index (κ3) is 2.90. The summed E-state index contributed by atoms with van der Waals surface area (Å²) in [6.07, 6.45) is 1.10. The maximum absolute atomic E-state index is 13.7. The molecule has 0 bridgehead atoms. The van der Waals surface area contributed by atoms with Gasteiger partial charge in [-0.3, -0.25) is 4.90 Å². The molecule has 1 aliphatic heterocycles. The quantitative estimate of drug-likeness (QED) is 0.885. The van der Waals surface area contributed by atoms with E-state index in [9.17, 15) is 9.50 Å². The van der Waals surface area contributed by atoms with E-state index in [1.54, 1.807) is 6.07 Å². The lowest BCUT2D eigenvalue weighted by Crippen LogP contribution is -2.37. The number of hydrogen-bond acceptors (Lipinski definition) is 3. The van der Waals surface area contributed by atoms with Crippen LogP contribution in [0.1, 0.15) is 25.8 Å². The van der Waals surface area contributed by atoms with E-state index in [4.69, 9.17) is 0 Å². The summed E-state index contributed by atoms with van der Waals surface area (Å²) in [5.41, 5.74) is 1.26. The zero-order chi connectivity index (χ0) is 13.8. The second-order valence-electron chi connectivity index (χ2n) is 5.01. The Morgan fingerprint density at radius 1 is 1.37 bits per heavy atom. The van der Waals surface area contributed by atoms with Crippen LogP contribution in [0.2, 0.25) is 0 Å². The van der Waals surface area contributed by atoms with E-state index in [0.717, 1.165) is 38.3 Å². The summed E-state index contributed by atoms with van der Waals surface area (Å²) in [4.78, 5) is 4.63. The Kier molecular flexibility index (Phi) is 4.77. The fourth-order valence-corrected chi connectivity index (χ4v) is 3.00. The van der Waals surface area contributed by atoms with Crippen molar-refractivity contribution in [3.8, 4) is 0 Å². The second kappa shape index (κ2) is 6.35. The number of likely N-dealkylation sites (N-methyl/N-ethyl adjacent to an activating group) is 1. The van der Waals surface area contributed by atoms with Crippen molar-refractivity contribution >= 4 is 5.69 Å². The normalized spacial score (nSPS) is 19.4. The van der Waals surface area contributed by atoms with Crippen molar-refractivity contribution in [3.05, 3.63) is 29.6 Å². The van der Waals surface area contributed by atoms with Gasteiger partial charge in [-0.15, -0.1) is 0 Å². The predicted molar refractivity (Wildman–Crippen MR) is 75.9 cm³/mol. The Bertz CT molecular complexity index is 421. The van der Waals surface area contributed by atoms with Crippen LogP contribution in [0.3, 0.4) is 0 Å². The third-order valence-corrected chi connectivity index (χ3v) is 4.09. The van der Waals surface area contributed by atoms with Gasteiger partial charge in [0.2, 0.25) is 0 Å². The fraction of sp³-hybridized carbons (Fsp3) is 0.600. The standard InChI is InChI=1S/C15H23FN2O/c1-3-17(4-2)12-8-9-18(10-12)15-7-5-6-14(16)13(15)11-19/h5-7,12,19H,3-4,8-11H2,1-2H3. The molecule has 1 saturated heterocycles. The highest BCUT2D eigenvalue weighted by molar-refractivity contribution is 5.55. The van der Waals surface area contributed by atoms with E-state index in [0.29, 0.717) is 11.6 Å². The molecule has 1 unspecified atom stereocenters. The van der Waals surface area contributed by atoms with Gasteiger partial charge < -0.3 is 10.0 Å². The van der Waals surface area contributed by atoms with Crippen LogP contribution in [-0.2, 0) is 6.61 Å². The van der Waals surface area contributed by atoms with Gasteiger partial charge in [0.25, 0.3) is 0 Å². The molecule has 1 heterocycles. The Morgan fingerprint density at radius 3 is 2.74 bits per heavy atom. The minimum Gasteiger partial charge on any atom is -0.391 e. The number of nitrogens with zero attached hydrogens (tertiary/aromatic N) is 2. The van der Waals surface area contributed by atoms with Crippen LogP contribution in [0.15, 0.2) is 18.2 Å². The smallest absolute Gasteiger partial charge is 0.130 e. The first-order valence-electron chi connectivity index (χ1n) is 7.08. The number of aliphatic hydroxyl groups excluding tert-OH is 1. The molecular weight excluding hydrogens is 243 g/mol. The van der Waals surface area contributed by atoms with E-state index in [1.807, 2.05) is 6.07 Å². The van der Waals surface area contributed by atoms with Gasteiger partial charge in [-0.25, -0.2) is 4.39 Å². The Morgan fingerprint density at radius 2 is 2.11 bits per heavy atom. The van der Waals surface area contributed by atoms with Gasteiger partial charge >= 0.3 is 0 Å². The van der Waals surface area contributed by atoms with E-state index in [2.05, 4.69) is 23.6 Å². The summed E-state index contributed by atoms with van der Waals surface area (Å²) in [5, 5.41) is 9.35. The van der Waals surface area contributed by atoms with Crippen LogP contribution in [-0.4, -0.2) is 42.2 Å². The first-order valence-corrected chi connectivity index (χ1v) is 7.08. The Hall–Kier alpha value is -1.13. The molecule has 19 heavy (non-hydrogen) atoms. The highest BCUT2D eigenvalue weighted by Crippen LogP contribution is 2.28. The summed E-state index contributed by atoms with van der Waals surface area (Å²) in [5.74, 6) is -0.314. The number of rotatable bonds is 5. The Labute approximate surface area is 114 Å². The molecule has 1 aliphatic rings. The third-order valence-electron chi connectivity index (χ3n) is 4.09. The number of anilines is 1. The Balaban J connectivity index is 2.15. The van der Waals surface area contributed by atoms with Gasteiger partial charge in [0.05, 0.1) is 6.61 Å². The van der Waals surface area contributed by atoms with Gasteiger partial charge in [-0.1, -0.05) is 19.9 Å². The zero-order valence-corrected chi connectivity index (χ0v) is 11.8. The topological polar surface area (TPSA) is 26.7 Å². The predicted octanol–water partition coefficient (Wildman–Crippen LogP) is 2.24. The zero-order valence-electron chi connectivity index (χ0n) is 11.8. The van der Waals surface area contributed by atoms with Gasteiger partial charge in [0, 0.05) is 30.4 Å². The maximum Gasteiger partial charge on any atom is 0.130 e. The average molecular weight is 266 g/mol. The summed E-state index contributed by atoms with van der Waals surface area (Å²) in [7, 11) is 0. The molecule has 4 heteroatoms. The van der Waals surface area contributed by atoms with Gasteiger partial charge in [0.15, 0.2) is 0 Å². The highest BCUT2D eigenvalue weighted by atomic mass is 19.1. The number of halogens is 1. The lowest BCUT2D eigenvalue weighted by molar-refractivity contribution is 0.232. The van der Waals surface area contributed by atoms with Crippen molar-refractivity contribution in [1.82, 2.24) is 4.90 Å². The van der Waals surface area contributed by atoms with Crippen LogP contribution >= 0.6 is 0 Å². The average Bonchev–Trinajstić information content (AvgIpc) is 2.89. The van der Waals surface area contributed by atoms with Crippen molar-refractivity contribution in [1.29, 1.82) is 0 Å². The molecule has 2 rings (SSSR count). The lowest BCUT2D eigenvalue weighted by atomic mass is 10.1. The number of benzene rings is 1. The molecule has 1 N–H and O–H groups in total. The SMILES string of the molecule is CCN(CC)C1CCN(c2cccc(F)c2CO)C1. The van der Waals surface area contributed by atoms with Crippen LogP contribution in [0.4, 0.5) is 10.1 Å². The number of aliphatic hydroxyl groups is 1. The van der Waals surface area contributed by atoms with Crippen molar-refractivity contribution in [2.24, 2.45) is 0 Å². The molecule has 1 fully saturated rings. The van der Waals surface area contributed by atoms with Crippen molar-refractivity contribution in [3.63, 3.8) is 0 Å². The van der Waals surface area contributed by atoms with Crippen LogP contribution < -0.4 is 4.90 Å². The lowest BCUT2D eigenvalue weighted by Gasteiger charge is -2.27. The summed E-state index contributed by atoms with van der Waals surface area (Å²) >= 11 is 0. The summed E-state index contributed by atoms with van der Waals surface area (Å²) < 4.78 is 13.7. The van der Waals surface area contributed by atoms with Crippen LogP contribution in [0, 0.1) is 5.82 Å². The molecule has 1 atom stereocenters. The summed E-state index contributed by atoms with van der Waals surface area (Å²) in [6.45, 7) is 8.04. The van der Waals surface area contributed by atoms with Gasteiger partial charge in [-0.05, 0) is 31.6 Å². The van der Waals surface area contributed by atoms with E-state index < -0.39 is 0 Å². The second-order valence-corrected chi connectivity index (χ2v) is 5.01. The largest absolute Gasteiger partial charge is 0.391 e. The molecule has 1 aromatic rings. The highest BCUT2D eigenvalue weighted by Gasteiger charge is 2.27. The van der Waals surface area contributed by atoms with E-state index in [-0.39, 0.29) is 12.4 Å². The summed E-state index contributed by atoms with van der Waals surface area (Å²) in [6, 6.07) is 5.56. The molecule has 106 valence electrons. The minimum atomic E-state index is -0.314. The number of hydrogen-bond donors (Lipinski definition) is 1. The molecule has 0 spiro atoms. The van der Waals surface area contributed by atoms with Crippen molar-refractivity contribution in [2.45, 2.75) is 32.9 Å². The minimum absolute atomic E-state index is 0.242. The van der Waals surface area contributed by atoms with Crippen LogP contribution in [0.5, 0.6) is 0 Å². The first kappa shape index (κ1) is 14.3. The molecule has 3 nitrogen and oxygen atoms in total. The van der Waals surface area contributed by atoms with Crippen molar-refractivity contribution < 1.29 is 9.50 Å². The first-order chi connectivity index (χ1) is 9.21. The fourth-order valence-electron chi connectivity index (χ4n) is 3.00. The molecule has 0 radical (unpaired) electrons. The van der Waals surface area contributed by atoms with E-state index in [1.165, 1.54) is 6.07 Å². The van der Waals surface area contributed by atoms with E-state index >= 15 is 0 Å². The molecular formula is C15H23FN2O. The molecule has 0 aromatic heterocycles. The molecule has 0 saturated carbocycles. The van der Waals surface area contributed by atoms with Gasteiger partial charge in [0.1, 0.15) is 5.82 Å².